The van der Waals surface area contributed by atoms with Gasteiger partial charge in [0.2, 0.25) is 11.8 Å². The van der Waals surface area contributed by atoms with Gasteiger partial charge in [0.15, 0.2) is 5.65 Å². The summed E-state index contributed by atoms with van der Waals surface area (Å²) in [5.74, 6) is -0.489. The Balaban J connectivity index is 1.14. The molecule has 11 nitrogen and oxygen atoms in total. The number of imidazole rings is 1. The van der Waals surface area contributed by atoms with Gasteiger partial charge in [0.05, 0.1) is 29.7 Å². The highest BCUT2D eigenvalue weighted by Gasteiger charge is 2.44. The second-order valence-corrected chi connectivity index (χ2v) is 15.2. The first-order chi connectivity index (χ1) is 22.6. The lowest BCUT2D eigenvalue weighted by Gasteiger charge is -2.33. The Hall–Kier alpha value is -3.42. The number of ether oxygens (including phenoxy) is 1. The van der Waals surface area contributed by atoms with Crippen molar-refractivity contribution >= 4 is 40.4 Å². The van der Waals surface area contributed by atoms with Gasteiger partial charge in [0, 0.05) is 70.0 Å². The van der Waals surface area contributed by atoms with Gasteiger partial charge in [-0.3, -0.25) is 24.0 Å². The van der Waals surface area contributed by atoms with Crippen LogP contribution in [0.2, 0.25) is 0 Å². The molecule has 0 bridgehead atoms. The number of hydrogen-bond donors (Lipinski definition) is 2. The molecule has 6 rings (SSSR count). The number of aromatic amines is 1. The molecule has 0 aliphatic carbocycles. The number of carbonyl (C=O) groups is 2. The number of carbonyl (C=O) groups excluding carboxylic acids is 2. The number of aromatic nitrogens is 3. The molecule has 47 heavy (non-hydrogen) atoms. The number of piperidine rings is 1. The number of nitrogens with one attached hydrogen (secondary N) is 2. The molecule has 254 valence electrons. The van der Waals surface area contributed by atoms with Gasteiger partial charge >= 0.3 is 5.69 Å². The van der Waals surface area contributed by atoms with Crippen LogP contribution in [0.25, 0.3) is 11.2 Å². The van der Waals surface area contributed by atoms with Gasteiger partial charge in [-0.25, -0.2) is 14.2 Å². The van der Waals surface area contributed by atoms with Crippen LogP contribution in [0.15, 0.2) is 41.3 Å². The number of hydrogen-bond acceptors (Lipinski definition) is 8. The maximum absolute atomic E-state index is 15.4. The van der Waals surface area contributed by atoms with Crippen LogP contribution in [-0.2, 0) is 14.3 Å². The lowest BCUT2D eigenvalue weighted by Crippen LogP contribution is -2.42. The molecule has 2 aromatic heterocycles. The Bertz CT molecular complexity index is 1620. The van der Waals surface area contributed by atoms with E-state index in [-0.39, 0.29) is 41.2 Å². The van der Waals surface area contributed by atoms with Gasteiger partial charge < -0.3 is 19.9 Å². The number of H-pyrrole nitrogens is 1. The standard InChI is InChI=1S/C34H46FN7O4S/c1-34(2,3)11-16-41-31(44)27(47-32(41)24-6-4-7-25(35)29(24)36-13-17-39-18-20-46-21-19-39)22-28(43)40-14-9-23(10-15-40)42-26-8-5-12-37-30(26)38-33(42)45/h4-8,12,23,27,32,36H,9-11,13-22H2,1-3H3,(H,37,38,45)/t27-,32?/m1/s1. The molecule has 0 spiro atoms. The second kappa shape index (κ2) is 14.4. The summed E-state index contributed by atoms with van der Waals surface area (Å²) in [7, 11) is 0. The van der Waals surface area contributed by atoms with Crippen molar-refractivity contribution in [1.29, 1.82) is 0 Å². The monoisotopic (exact) mass is 667 g/mol. The number of fused-ring (bicyclic) bond motifs is 1. The van der Waals surface area contributed by atoms with Crippen LogP contribution in [0.5, 0.6) is 0 Å². The van der Waals surface area contributed by atoms with Crippen LogP contribution in [0.4, 0.5) is 10.1 Å². The molecule has 3 fully saturated rings. The second-order valence-electron chi connectivity index (χ2n) is 13.9. The molecule has 2 N–H and O–H groups in total. The number of halogens is 1. The highest BCUT2D eigenvalue weighted by Crippen LogP contribution is 2.47. The lowest BCUT2D eigenvalue weighted by molar-refractivity contribution is -0.136. The van der Waals surface area contributed by atoms with Crippen LogP contribution >= 0.6 is 11.8 Å². The van der Waals surface area contributed by atoms with Crippen LogP contribution in [0.3, 0.4) is 0 Å². The summed E-state index contributed by atoms with van der Waals surface area (Å²) in [4.78, 5) is 53.3. The summed E-state index contributed by atoms with van der Waals surface area (Å²) < 4.78 is 22.6. The molecule has 5 heterocycles. The number of para-hydroxylation sites is 1. The van der Waals surface area contributed by atoms with Gasteiger partial charge in [0.1, 0.15) is 11.2 Å². The minimum absolute atomic E-state index is 0.00224. The maximum atomic E-state index is 15.4. The fourth-order valence-electron chi connectivity index (χ4n) is 6.73. The third-order valence-corrected chi connectivity index (χ3v) is 10.9. The van der Waals surface area contributed by atoms with Crippen molar-refractivity contribution in [3.05, 3.63) is 58.4 Å². The fraction of sp³-hybridized carbons (Fsp3) is 0.588. The molecule has 13 heteroatoms. The Kier molecular flexibility index (Phi) is 10.2. The van der Waals surface area contributed by atoms with Crippen molar-refractivity contribution in [2.24, 2.45) is 5.41 Å². The van der Waals surface area contributed by atoms with E-state index < -0.39 is 10.6 Å². The summed E-state index contributed by atoms with van der Waals surface area (Å²) in [6.45, 7) is 12.4. The van der Waals surface area contributed by atoms with Gasteiger partial charge in [0.25, 0.3) is 0 Å². The summed E-state index contributed by atoms with van der Waals surface area (Å²) in [5.41, 5.74) is 2.29. The van der Waals surface area contributed by atoms with Gasteiger partial charge in [-0.2, -0.15) is 0 Å². The van der Waals surface area contributed by atoms with E-state index in [0.29, 0.717) is 63.6 Å². The van der Waals surface area contributed by atoms with E-state index in [1.807, 2.05) is 28.0 Å². The van der Waals surface area contributed by atoms with E-state index in [4.69, 9.17) is 4.74 Å². The Morgan fingerprint density at radius 3 is 2.60 bits per heavy atom. The van der Waals surface area contributed by atoms with Crippen molar-refractivity contribution in [2.75, 3.05) is 64.3 Å². The lowest BCUT2D eigenvalue weighted by atomic mass is 9.92. The normalized spacial score (nSPS) is 21.6. The van der Waals surface area contributed by atoms with Crippen molar-refractivity contribution in [1.82, 2.24) is 29.2 Å². The molecule has 2 amide bonds. The molecule has 3 aliphatic heterocycles. The summed E-state index contributed by atoms with van der Waals surface area (Å²) in [6.07, 6.45) is 3.80. The maximum Gasteiger partial charge on any atom is 0.327 e. The van der Waals surface area contributed by atoms with Gasteiger partial charge in [-0.15, -0.1) is 11.8 Å². The van der Waals surface area contributed by atoms with Crippen LogP contribution in [0, 0.1) is 11.2 Å². The first-order valence-corrected chi connectivity index (χ1v) is 17.6. The van der Waals surface area contributed by atoms with E-state index in [1.54, 1.807) is 16.8 Å². The minimum Gasteiger partial charge on any atom is -0.381 e. The number of rotatable bonds is 10. The third kappa shape index (κ3) is 7.68. The number of benzene rings is 1. The summed E-state index contributed by atoms with van der Waals surface area (Å²) in [6, 6.07) is 8.70. The molecule has 3 aliphatic rings. The number of likely N-dealkylation sites (tertiary alicyclic amines) is 1. The SMILES string of the molecule is CC(C)(C)CCN1C(=O)[C@@H](CC(=O)N2CCC(n3c(=O)[nH]c4ncccc43)CC2)SC1c1cccc(F)c1NCCN1CCOCC1. The van der Waals surface area contributed by atoms with Crippen LogP contribution in [0.1, 0.15) is 63.4 Å². The smallest absolute Gasteiger partial charge is 0.327 e. The molecule has 1 aromatic carbocycles. The van der Waals surface area contributed by atoms with Gasteiger partial charge in [-0.1, -0.05) is 32.9 Å². The zero-order valence-corrected chi connectivity index (χ0v) is 28.4. The van der Waals surface area contributed by atoms with E-state index in [9.17, 15) is 14.4 Å². The molecular weight excluding hydrogens is 621 g/mol. The first kappa shape index (κ1) is 33.5. The quantitative estimate of drug-likeness (QED) is 0.330. The average Bonchev–Trinajstić information content (AvgIpc) is 3.55. The molecular formula is C34H46FN7O4S. The molecule has 3 saturated heterocycles. The predicted molar refractivity (Wildman–Crippen MR) is 182 cm³/mol. The van der Waals surface area contributed by atoms with E-state index in [0.717, 1.165) is 37.1 Å². The van der Waals surface area contributed by atoms with E-state index >= 15 is 4.39 Å². The van der Waals surface area contributed by atoms with Crippen LogP contribution < -0.4 is 11.0 Å². The average molecular weight is 668 g/mol. The number of morpholine rings is 1. The van der Waals surface area contributed by atoms with Crippen LogP contribution in [-0.4, -0.2) is 105 Å². The van der Waals surface area contributed by atoms with Crippen molar-refractivity contribution in [3.8, 4) is 0 Å². The highest BCUT2D eigenvalue weighted by atomic mass is 32.2. The number of thioether (sulfide) groups is 1. The topological polar surface area (TPSA) is 116 Å². The largest absolute Gasteiger partial charge is 0.381 e. The van der Waals surface area contributed by atoms with Gasteiger partial charge in [-0.05, 0) is 42.9 Å². The van der Waals surface area contributed by atoms with Crippen molar-refractivity contribution in [3.63, 3.8) is 0 Å². The number of anilines is 1. The summed E-state index contributed by atoms with van der Waals surface area (Å²) in [5, 5.41) is 2.37. The Morgan fingerprint density at radius 2 is 1.85 bits per heavy atom. The Morgan fingerprint density at radius 1 is 1.09 bits per heavy atom. The molecule has 0 radical (unpaired) electrons. The van der Waals surface area contributed by atoms with Crippen molar-refractivity contribution in [2.45, 2.75) is 63.1 Å². The highest BCUT2D eigenvalue weighted by molar-refractivity contribution is 8.01. The Labute approximate surface area is 279 Å². The molecule has 3 aromatic rings. The minimum atomic E-state index is -0.558. The van der Waals surface area contributed by atoms with Crippen molar-refractivity contribution < 1.29 is 18.7 Å². The summed E-state index contributed by atoms with van der Waals surface area (Å²) >= 11 is 1.45. The first-order valence-electron chi connectivity index (χ1n) is 16.7. The number of amides is 2. The molecule has 2 atom stereocenters. The third-order valence-electron chi connectivity index (χ3n) is 9.42. The molecule has 1 unspecified atom stereocenters. The molecule has 0 saturated carbocycles. The number of nitrogens with zero attached hydrogens (tertiary/aromatic N) is 5. The zero-order chi connectivity index (χ0) is 33.1. The zero-order valence-electron chi connectivity index (χ0n) is 27.5. The fourth-order valence-corrected chi connectivity index (χ4v) is 8.23. The van der Waals surface area contributed by atoms with E-state index in [2.05, 4.69) is 41.0 Å². The predicted octanol–water partition coefficient (Wildman–Crippen LogP) is 4.24. The van der Waals surface area contributed by atoms with E-state index in [1.165, 1.54) is 17.8 Å². The number of pyridine rings is 1.